The molecule has 0 aromatic heterocycles. The second kappa shape index (κ2) is 5.17. The molecule has 0 N–H and O–H groups in total. The first-order valence-electron chi connectivity index (χ1n) is 5.49. The molecular formula is C14H14OS. The van der Waals surface area contributed by atoms with Gasteiger partial charge in [0.1, 0.15) is 0 Å². The molecule has 0 spiro atoms. The highest BCUT2D eigenvalue weighted by atomic mass is 32.2. The van der Waals surface area contributed by atoms with Crippen LogP contribution in [0.5, 0.6) is 0 Å². The summed E-state index contributed by atoms with van der Waals surface area (Å²) in [6, 6.07) is 9.96. The van der Waals surface area contributed by atoms with Crippen LogP contribution in [0.2, 0.25) is 0 Å². The van der Waals surface area contributed by atoms with E-state index in [1.54, 1.807) is 0 Å². The Bertz CT molecular complexity index is 443. The smallest absolute Gasteiger partial charge is 0.223 e. The summed E-state index contributed by atoms with van der Waals surface area (Å²) in [4.78, 5) is 12.9. The third-order valence-corrected chi connectivity index (χ3v) is 3.40. The normalized spacial score (nSPS) is 17.9. The van der Waals surface area contributed by atoms with Gasteiger partial charge in [0.2, 0.25) is 5.12 Å². The molecule has 0 amide bonds. The summed E-state index contributed by atoms with van der Waals surface area (Å²) in [5.74, 6) is 0. The second-order valence-corrected chi connectivity index (χ2v) is 4.86. The Hall–Kier alpha value is -1.28. The molecular weight excluding hydrogens is 216 g/mol. The Labute approximate surface area is 100 Å². The molecule has 2 rings (SSSR count). The van der Waals surface area contributed by atoms with Gasteiger partial charge in [0.25, 0.3) is 0 Å². The zero-order chi connectivity index (χ0) is 11.4. The van der Waals surface area contributed by atoms with Gasteiger partial charge in [-0.1, -0.05) is 55.4 Å². The number of carbonyl (C=O) groups is 1. The summed E-state index contributed by atoms with van der Waals surface area (Å²) in [7, 11) is 0. The Kier molecular flexibility index (Phi) is 3.62. The van der Waals surface area contributed by atoms with Gasteiger partial charge < -0.3 is 0 Å². The predicted octanol–water partition coefficient (Wildman–Crippen LogP) is 4.03. The Morgan fingerprint density at radius 3 is 2.69 bits per heavy atom. The van der Waals surface area contributed by atoms with Crippen molar-refractivity contribution in [2.24, 2.45) is 0 Å². The largest absolute Gasteiger partial charge is 0.281 e. The van der Waals surface area contributed by atoms with Crippen molar-refractivity contribution in [3.8, 4) is 0 Å². The van der Waals surface area contributed by atoms with Crippen molar-refractivity contribution < 1.29 is 4.79 Å². The standard InChI is InChI=1S/C14H14OS/c1-2-6-13-10-12(14(15)16-13)9-11-7-4-3-5-8-11/h3-5,7-10H,2,6H2,1H3/b12-9+. The molecule has 0 aliphatic carbocycles. The average Bonchev–Trinajstić information content (AvgIpc) is 2.61. The summed E-state index contributed by atoms with van der Waals surface area (Å²) in [6.45, 7) is 2.13. The Morgan fingerprint density at radius 2 is 2.00 bits per heavy atom. The van der Waals surface area contributed by atoms with Crippen LogP contribution in [-0.4, -0.2) is 5.12 Å². The van der Waals surface area contributed by atoms with Gasteiger partial charge >= 0.3 is 0 Å². The molecule has 1 aliphatic heterocycles. The van der Waals surface area contributed by atoms with Crippen molar-refractivity contribution in [2.75, 3.05) is 0 Å². The van der Waals surface area contributed by atoms with E-state index >= 15 is 0 Å². The van der Waals surface area contributed by atoms with E-state index in [1.165, 1.54) is 16.7 Å². The average molecular weight is 230 g/mol. The van der Waals surface area contributed by atoms with Crippen LogP contribution in [-0.2, 0) is 4.79 Å². The minimum atomic E-state index is 0.173. The number of hydrogen-bond acceptors (Lipinski definition) is 2. The summed E-state index contributed by atoms with van der Waals surface area (Å²) in [5.41, 5.74) is 1.90. The second-order valence-electron chi connectivity index (χ2n) is 3.76. The monoisotopic (exact) mass is 230 g/mol. The first-order chi connectivity index (χ1) is 7.79. The van der Waals surface area contributed by atoms with Crippen molar-refractivity contribution in [3.63, 3.8) is 0 Å². The fourth-order valence-electron chi connectivity index (χ4n) is 1.64. The van der Waals surface area contributed by atoms with Crippen LogP contribution >= 0.6 is 11.8 Å². The lowest BCUT2D eigenvalue weighted by molar-refractivity contribution is -0.107. The lowest BCUT2D eigenvalue weighted by atomic mass is 10.1. The van der Waals surface area contributed by atoms with E-state index in [1.807, 2.05) is 42.5 Å². The predicted molar refractivity (Wildman–Crippen MR) is 70.0 cm³/mol. The van der Waals surface area contributed by atoms with Crippen LogP contribution in [0.25, 0.3) is 6.08 Å². The molecule has 1 aromatic rings. The van der Waals surface area contributed by atoms with Crippen molar-refractivity contribution in [1.82, 2.24) is 0 Å². The molecule has 0 fully saturated rings. The van der Waals surface area contributed by atoms with E-state index in [-0.39, 0.29) is 5.12 Å². The molecule has 0 saturated carbocycles. The highest BCUT2D eigenvalue weighted by molar-refractivity contribution is 8.17. The molecule has 16 heavy (non-hydrogen) atoms. The van der Waals surface area contributed by atoms with Gasteiger partial charge in [0.05, 0.1) is 0 Å². The molecule has 1 heterocycles. The van der Waals surface area contributed by atoms with Gasteiger partial charge in [-0.25, -0.2) is 0 Å². The minimum absolute atomic E-state index is 0.173. The van der Waals surface area contributed by atoms with Crippen LogP contribution in [0.3, 0.4) is 0 Å². The maximum Gasteiger partial charge on any atom is 0.223 e. The molecule has 0 bridgehead atoms. The molecule has 0 saturated heterocycles. The zero-order valence-electron chi connectivity index (χ0n) is 9.27. The number of allylic oxidation sites excluding steroid dienone is 2. The summed E-state index contributed by atoms with van der Waals surface area (Å²) < 4.78 is 0. The molecule has 0 atom stereocenters. The molecule has 82 valence electrons. The van der Waals surface area contributed by atoms with E-state index in [9.17, 15) is 4.79 Å². The highest BCUT2D eigenvalue weighted by Gasteiger charge is 2.18. The van der Waals surface area contributed by atoms with Gasteiger partial charge in [-0.15, -0.1) is 0 Å². The summed E-state index contributed by atoms with van der Waals surface area (Å²) in [6.07, 6.45) is 6.06. The van der Waals surface area contributed by atoms with E-state index in [2.05, 4.69) is 6.92 Å². The molecule has 1 aliphatic rings. The van der Waals surface area contributed by atoms with E-state index in [4.69, 9.17) is 0 Å². The van der Waals surface area contributed by atoms with E-state index in [0.717, 1.165) is 24.0 Å². The highest BCUT2D eigenvalue weighted by Crippen LogP contribution is 2.34. The van der Waals surface area contributed by atoms with Crippen molar-refractivity contribution in [1.29, 1.82) is 0 Å². The van der Waals surface area contributed by atoms with Crippen LogP contribution in [0.15, 0.2) is 46.9 Å². The van der Waals surface area contributed by atoms with Gasteiger partial charge in [0.15, 0.2) is 0 Å². The third kappa shape index (κ3) is 2.64. The fourth-order valence-corrected chi connectivity index (χ4v) is 2.60. The number of thioether (sulfide) groups is 1. The summed E-state index contributed by atoms with van der Waals surface area (Å²) in [5, 5.41) is 0.173. The number of carbonyl (C=O) groups excluding carboxylic acids is 1. The number of benzene rings is 1. The SMILES string of the molecule is CCCC1=C/C(=C\c2ccccc2)C(=O)S1. The first-order valence-corrected chi connectivity index (χ1v) is 6.30. The number of rotatable bonds is 3. The molecule has 2 heteroatoms. The number of hydrogen-bond donors (Lipinski definition) is 0. The van der Waals surface area contributed by atoms with Crippen LogP contribution in [0, 0.1) is 0 Å². The van der Waals surface area contributed by atoms with Gasteiger partial charge in [-0.2, -0.15) is 0 Å². The molecule has 1 nitrogen and oxygen atoms in total. The van der Waals surface area contributed by atoms with Crippen LogP contribution in [0.4, 0.5) is 0 Å². The fraction of sp³-hybridized carbons (Fsp3) is 0.214. The summed E-state index contributed by atoms with van der Waals surface area (Å²) >= 11 is 1.37. The maximum absolute atomic E-state index is 11.7. The molecule has 1 aromatic carbocycles. The Balaban J connectivity index is 2.22. The zero-order valence-corrected chi connectivity index (χ0v) is 10.1. The van der Waals surface area contributed by atoms with Crippen LogP contribution in [0.1, 0.15) is 25.3 Å². The van der Waals surface area contributed by atoms with Crippen molar-refractivity contribution >= 4 is 23.0 Å². The first kappa shape index (κ1) is 11.2. The van der Waals surface area contributed by atoms with Gasteiger partial charge in [0, 0.05) is 5.57 Å². The van der Waals surface area contributed by atoms with Crippen molar-refractivity contribution in [2.45, 2.75) is 19.8 Å². The maximum atomic E-state index is 11.7. The minimum Gasteiger partial charge on any atom is -0.281 e. The van der Waals surface area contributed by atoms with Gasteiger partial charge in [-0.3, -0.25) is 4.79 Å². The van der Waals surface area contributed by atoms with E-state index < -0.39 is 0 Å². The topological polar surface area (TPSA) is 17.1 Å². The molecule has 0 unspecified atom stereocenters. The third-order valence-electron chi connectivity index (χ3n) is 2.39. The quantitative estimate of drug-likeness (QED) is 0.729. The molecule has 0 radical (unpaired) electrons. The van der Waals surface area contributed by atoms with Crippen LogP contribution < -0.4 is 0 Å². The van der Waals surface area contributed by atoms with E-state index in [0.29, 0.717) is 0 Å². The van der Waals surface area contributed by atoms with Crippen molar-refractivity contribution in [3.05, 3.63) is 52.4 Å². The lowest BCUT2D eigenvalue weighted by Crippen LogP contribution is -1.87. The van der Waals surface area contributed by atoms with Gasteiger partial charge in [-0.05, 0) is 29.0 Å². The Morgan fingerprint density at radius 1 is 1.25 bits per heavy atom. The lowest BCUT2D eigenvalue weighted by Gasteiger charge is -1.93.